The Kier molecular flexibility index (Phi) is 4.98. The van der Waals surface area contributed by atoms with Crippen LogP contribution in [0.4, 0.5) is 0 Å². The van der Waals surface area contributed by atoms with Crippen molar-refractivity contribution in [3.05, 3.63) is 34.9 Å². The molecule has 2 amide bonds. The van der Waals surface area contributed by atoms with Gasteiger partial charge in [-0.05, 0) is 24.6 Å². The van der Waals surface area contributed by atoms with E-state index in [0.717, 1.165) is 6.42 Å². The summed E-state index contributed by atoms with van der Waals surface area (Å²) >= 11 is 5.91. The monoisotopic (exact) mass is 295 g/mol. The average molecular weight is 296 g/mol. The van der Waals surface area contributed by atoms with Gasteiger partial charge in [0.15, 0.2) is 0 Å². The summed E-state index contributed by atoms with van der Waals surface area (Å²) in [7, 11) is 0. The zero-order chi connectivity index (χ0) is 14.5. The van der Waals surface area contributed by atoms with Crippen molar-refractivity contribution in [3.8, 4) is 0 Å². The Balaban J connectivity index is 2.03. The third-order valence-electron chi connectivity index (χ3n) is 3.38. The maximum Gasteiger partial charge on any atom is 0.253 e. The molecule has 1 aliphatic rings. The quantitative estimate of drug-likeness (QED) is 0.884. The summed E-state index contributed by atoms with van der Waals surface area (Å²) in [5.41, 5.74) is 5.95. The number of halogens is 1. The van der Waals surface area contributed by atoms with Crippen LogP contribution < -0.4 is 5.73 Å². The molecule has 108 valence electrons. The molecule has 1 aromatic rings. The minimum absolute atomic E-state index is 0.0161. The second-order valence-corrected chi connectivity index (χ2v) is 5.18. The van der Waals surface area contributed by atoms with Crippen LogP contribution in [0.3, 0.4) is 0 Å². The van der Waals surface area contributed by atoms with E-state index in [2.05, 4.69) is 0 Å². The number of hydrogen-bond acceptors (Lipinski definition) is 3. The minimum atomic E-state index is -0.0675. The standard InChI is InChI=1S/C14H18ClN3O2/c15-12-4-1-3-11(9-12)14(20)18-6-2-5-17(7-8-18)13(19)10-16/h1,3-4,9H,2,5-8,10,16H2. The highest BCUT2D eigenvalue weighted by Crippen LogP contribution is 2.14. The molecular weight excluding hydrogens is 278 g/mol. The third kappa shape index (κ3) is 3.49. The number of hydrogen-bond donors (Lipinski definition) is 1. The first kappa shape index (κ1) is 14.8. The number of benzene rings is 1. The molecule has 1 fully saturated rings. The summed E-state index contributed by atoms with van der Waals surface area (Å²) in [6.07, 6.45) is 0.762. The zero-order valence-corrected chi connectivity index (χ0v) is 12.0. The van der Waals surface area contributed by atoms with E-state index in [4.69, 9.17) is 17.3 Å². The summed E-state index contributed by atoms with van der Waals surface area (Å²) in [6.45, 7) is 2.36. The van der Waals surface area contributed by atoms with E-state index in [0.29, 0.717) is 36.8 Å². The lowest BCUT2D eigenvalue weighted by Gasteiger charge is -2.22. The molecule has 2 rings (SSSR count). The van der Waals surface area contributed by atoms with Gasteiger partial charge in [-0.2, -0.15) is 0 Å². The minimum Gasteiger partial charge on any atom is -0.340 e. The van der Waals surface area contributed by atoms with E-state index in [-0.39, 0.29) is 18.4 Å². The van der Waals surface area contributed by atoms with Crippen LogP contribution in [0.5, 0.6) is 0 Å². The van der Waals surface area contributed by atoms with Gasteiger partial charge in [0.2, 0.25) is 5.91 Å². The first-order chi connectivity index (χ1) is 9.61. The van der Waals surface area contributed by atoms with Crippen LogP contribution in [0, 0.1) is 0 Å². The van der Waals surface area contributed by atoms with Crippen molar-refractivity contribution in [2.45, 2.75) is 6.42 Å². The summed E-state index contributed by atoms with van der Waals surface area (Å²) in [5.74, 6) is -0.114. The van der Waals surface area contributed by atoms with E-state index in [1.807, 2.05) is 0 Å². The summed E-state index contributed by atoms with van der Waals surface area (Å²) < 4.78 is 0. The number of nitrogens with zero attached hydrogens (tertiary/aromatic N) is 2. The molecule has 2 N–H and O–H groups in total. The Morgan fingerprint density at radius 1 is 1.15 bits per heavy atom. The fourth-order valence-electron chi connectivity index (χ4n) is 2.30. The highest BCUT2D eigenvalue weighted by atomic mass is 35.5. The second-order valence-electron chi connectivity index (χ2n) is 4.74. The largest absolute Gasteiger partial charge is 0.340 e. The van der Waals surface area contributed by atoms with Crippen LogP contribution in [0.1, 0.15) is 16.8 Å². The van der Waals surface area contributed by atoms with Crippen LogP contribution in [0.2, 0.25) is 5.02 Å². The lowest BCUT2D eigenvalue weighted by molar-refractivity contribution is -0.129. The summed E-state index contributed by atoms with van der Waals surface area (Å²) in [6, 6.07) is 6.92. The first-order valence-corrected chi connectivity index (χ1v) is 7.02. The van der Waals surface area contributed by atoms with Crippen LogP contribution in [0.25, 0.3) is 0 Å². The van der Waals surface area contributed by atoms with Crippen LogP contribution >= 0.6 is 11.6 Å². The van der Waals surface area contributed by atoms with Crippen molar-refractivity contribution in [2.75, 3.05) is 32.7 Å². The third-order valence-corrected chi connectivity index (χ3v) is 3.62. The van der Waals surface area contributed by atoms with E-state index in [1.165, 1.54) is 0 Å². The average Bonchev–Trinajstić information content (AvgIpc) is 2.71. The smallest absolute Gasteiger partial charge is 0.253 e. The van der Waals surface area contributed by atoms with Crippen molar-refractivity contribution in [1.82, 2.24) is 9.80 Å². The lowest BCUT2D eigenvalue weighted by Crippen LogP contribution is -2.39. The lowest BCUT2D eigenvalue weighted by atomic mass is 10.2. The molecule has 0 radical (unpaired) electrons. The predicted molar refractivity (Wildman–Crippen MR) is 77.6 cm³/mol. The Bertz CT molecular complexity index is 507. The fourth-order valence-corrected chi connectivity index (χ4v) is 2.49. The van der Waals surface area contributed by atoms with Gasteiger partial charge in [-0.1, -0.05) is 17.7 Å². The van der Waals surface area contributed by atoms with Gasteiger partial charge in [0.1, 0.15) is 0 Å². The van der Waals surface area contributed by atoms with E-state index < -0.39 is 0 Å². The maximum atomic E-state index is 12.4. The van der Waals surface area contributed by atoms with Gasteiger partial charge in [0, 0.05) is 36.8 Å². The van der Waals surface area contributed by atoms with Gasteiger partial charge < -0.3 is 15.5 Å². The molecule has 6 heteroatoms. The summed E-state index contributed by atoms with van der Waals surface area (Å²) in [4.78, 5) is 27.5. The molecular formula is C14H18ClN3O2. The van der Waals surface area contributed by atoms with Gasteiger partial charge in [0.05, 0.1) is 6.54 Å². The molecule has 1 saturated heterocycles. The topological polar surface area (TPSA) is 66.6 Å². The molecule has 0 atom stereocenters. The number of rotatable bonds is 2. The van der Waals surface area contributed by atoms with Gasteiger partial charge in [-0.15, -0.1) is 0 Å². The number of carbonyl (C=O) groups is 2. The second kappa shape index (κ2) is 6.72. The molecule has 0 unspecified atom stereocenters. The maximum absolute atomic E-state index is 12.4. The van der Waals surface area contributed by atoms with Crippen LogP contribution in [-0.4, -0.2) is 54.3 Å². The Morgan fingerprint density at radius 2 is 1.85 bits per heavy atom. The van der Waals surface area contributed by atoms with Crippen LogP contribution in [0.15, 0.2) is 24.3 Å². The molecule has 1 aromatic carbocycles. The molecule has 1 aliphatic heterocycles. The highest BCUT2D eigenvalue weighted by Gasteiger charge is 2.22. The molecule has 5 nitrogen and oxygen atoms in total. The molecule has 0 spiro atoms. The number of nitrogens with two attached hydrogens (primary N) is 1. The Hall–Kier alpha value is -1.59. The normalized spacial score (nSPS) is 15.9. The van der Waals surface area contributed by atoms with Crippen molar-refractivity contribution in [1.29, 1.82) is 0 Å². The molecule has 1 heterocycles. The predicted octanol–water partition coefficient (Wildman–Crippen LogP) is 0.973. The van der Waals surface area contributed by atoms with Gasteiger partial charge >= 0.3 is 0 Å². The molecule has 0 aliphatic carbocycles. The van der Waals surface area contributed by atoms with E-state index in [1.54, 1.807) is 34.1 Å². The van der Waals surface area contributed by atoms with E-state index in [9.17, 15) is 9.59 Å². The molecule has 0 saturated carbocycles. The van der Waals surface area contributed by atoms with Crippen molar-refractivity contribution >= 4 is 23.4 Å². The highest BCUT2D eigenvalue weighted by molar-refractivity contribution is 6.30. The van der Waals surface area contributed by atoms with Crippen LogP contribution in [-0.2, 0) is 4.79 Å². The van der Waals surface area contributed by atoms with Gasteiger partial charge in [0.25, 0.3) is 5.91 Å². The van der Waals surface area contributed by atoms with Crippen molar-refractivity contribution in [2.24, 2.45) is 5.73 Å². The van der Waals surface area contributed by atoms with Crippen molar-refractivity contribution < 1.29 is 9.59 Å². The van der Waals surface area contributed by atoms with Gasteiger partial charge in [-0.25, -0.2) is 0 Å². The fraction of sp³-hybridized carbons (Fsp3) is 0.429. The zero-order valence-electron chi connectivity index (χ0n) is 11.2. The van der Waals surface area contributed by atoms with E-state index >= 15 is 0 Å². The number of amides is 2. The van der Waals surface area contributed by atoms with Crippen molar-refractivity contribution in [3.63, 3.8) is 0 Å². The molecule has 0 aromatic heterocycles. The molecule has 20 heavy (non-hydrogen) atoms. The molecule has 0 bridgehead atoms. The van der Waals surface area contributed by atoms with Gasteiger partial charge in [-0.3, -0.25) is 9.59 Å². The Morgan fingerprint density at radius 3 is 2.55 bits per heavy atom. The summed E-state index contributed by atoms with van der Waals surface area (Å²) in [5, 5.41) is 0.547. The SMILES string of the molecule is NCC(=O)N1CCCN(C(=O)c2cccc(Cl)c2)CC1. The Labute approximate surface area is 123 Å². The first-order valence-electron chi connectivity index (χ1n) is 6.64. The number of carbonyl (C=O) groups excluding carboxylic acids is 2.